The Labute approximate surface area is 128 Å². The van der Waals surface area contributed by atoms with E-state index in [1.807, 2.05) is 0 Å². The second kappa shape index (κ2) is 7.51. The Balaban J connectivity index is 1.91. The van der Waals surface area contributed by atoms with Gasteiger partial charge in [-0.05, 0) is 48.8 Å². The number of nitrogens with one attached hydrogen (secondary N) is 1. The molecule has 3 atom stereocenters. The van der Waals surface area contributed by atoms with Crippen molar-refractivity contribution in [2.24, 2.45) is 11.8 Å². The van der Waals surface area contributed by atoms with Crippen LogP contribution in [-0.2, 0) is 6.54 Å². The summed E-state index contributed by atoms with van der Waals surface area (Å²) in [5.41, 5.74) is 1.40. The van der Waals surface area contributed by atoms with Gasteiger partial charge >= 0.3 is 0 Å². The second-order valence-corrected chi connectivity index (χ2v) is 8.06. The van der Waals surface area contributed by atoms with Crippen LogP contribution in [0, 0.1) is 11.8 Å². The lowest BCUT2D eigenvalue weighted by Crippen LogP contribution is -2.22. The number of benzene rings is 1. The van der Waals surface area contributed by atoms with Crippen molar-refractivity contribution in [1.82, 2.24) is 5.32 Å². The van der Waals surface area contributed by atoms with Crippen LogP contribution >= 0.6 is 11.8 Å². The van der Waals surface area contributed by atoms with Gasteiger partial charge in [0.25, 0.3) is 0 Å². The summed E-state index contributed by atoms with van der Waals surface area (Å²) in [6.45, 7) is 10.2. The minimum atomic E-state index is 0.548. The van der Waals surface area contributed by atoms with Gasteiger partial charge in [-0.15, -0.1) is 11.8 Å². The third kappa shape index (κ3) is 4.82. The van der Waals surface area contributed by atoms with E-state index in [9.17, 15) is 0 Å². The van der Waals surface area contributed by atoms with Crippen LogP contribution in [0.3, 0.4) is 0 Å². The highest BCUT2D eigenvalue weighted by Gasteiger charge is 2.25. The Kier molecular flexibility index (Phi) is 5.98. The molecule has 1 N–H and O–H groups in total. The van der Waals surface area contributed by atoms with E-state index in [1.165, 1.54) is 29.7 Å². The third-order valence-corrected chi connectivity index (χ3v) is 5.75. The Morgan fingerprint density at radius 3 is 2.70 bits per heavy atom. The fourth-order valence-electron chi connectivity index (χ4n) is 2.85. The number of thioether (sulfide) groups is 1. The molecule has 1 saturated carbocycles. The molecule has 0 spiro atoms. The van der Waals surface area contributed by atoms with Gasteiger partial charge < -0.3 is 5.32 Å². The molecule has 20 heavy (non-hydrogen) atoms. The van der Waals surface area contributed by atoms with E-state index < -0.39 is 0 Å². The first kappa shape index (κ1) is 15.9. The molecule has 0 aromatic heterocycles. The van der Waals surface area contributed by atoms with Crippen molar-refractivity contribution < 1.29 is 0 Å². The number of hydrogen-bond donors (Lipinski definition) is 1. The van der Waals surface area contributed by atoms with Crippen molar-refractivity contribution in [3.63, 3.8) is 0 Å². The standard InChI is InChI=1S/C18H29NS/c1-13(2)19-12-16-6-5-7-17(11-16)20-18-9-8-14(3)15(4)10-18/h5-7,11,13-15,18-19H,8-10,12H2,1-4H3. The van der Waals surface area contributed by atoms with Gasteiger partial charge in [-0.1, -0.05) is 39.8 Å². The normalized spacial score (nSPS) is 26.9. The van der Waals surface area contributed by atoms with E-state index in [-0.39, 0.29) is 0 Å². The lowest BCUT2D eigenvalue weighted by molar-refractivity contribution is 0.283. The Hall–Kier alpha value is -0.470. The third-order valence-electron chi connectivity index (χ3n) is 4.47. The topological polar surface area (TPSA) is 12.0 Å². The van der Waals surface area contributed by atoms with Crippen molar-refractivity contribution in [3.05, 3.63) is 29.8 Å². The van der Waals surface area contributed by atoms with Crippen LogP contribution in [0.15, 0.2) is 29.2 Å². The lowest BCUT2D eigenvalue weighted by Gasteiger charge is -2.31. The zero-order valence-corrected chi connectivity index (χ0v) is 14.2. The molecule has 0 amide bonds. The van der Waals surface area contributed by atoms with Crippen molar-refractivity contribution in [2.75, 3.05) is 0 Å². The monoisotopic (exact) mass is 291 g/mol. The zero-order valence-electron chi connectivity index (χ0n) is 13.4. The summed E-state index contributed by atoms with van der Waals surface area (Å²) in [4.78, 5) is 1.44. The first-order valence-corrected chi connectivity index (χ1v) is 8.91. The molecule has 112 valence electrons. The molecular formula is C18H29NS. The lowest BCUT2D eigenvalue weighted by atomic mass is 9.81. The Morgan fingerprint density at radius 2 is 2.00 bits per heavy atom. The summed E-state index contributed by atoms with van der Waals surface area (Å²) < 4.78 is 0. The summed E-state index contributed by atoms with van der Waals surface area (Å²) in [5.74, 6) is 1.79. The van der Waals surface area contributed by atoms with Crippen molar-refractivity contribution in [3.8, 4) is 0 Å². The molecule has 1 aromatic carbocycles. The highest BCUT2D eigenvalue weighted by molar-refractivity contribution is 8.00. The van der Waals surface area contributed by atoms with Gasteiger partial charge in [0.2, 0.25) is 0 Å². The average molecular weight is 292 g/mol. The molecule has 1 aliphatic carbocycles. The average Bonchev–Trinajstić information content (AvgIpc) is 2.41. The van der Waals surface area contributed by atoms with Crippen LogP contribution in [0.1, 0.15) is 52.5 Å². The highest BCUT2D eigenvalue weighted by atomic mass is 32.2. The van der Waals surface area contributed by atoms with Crippen molar-refractivity contribution in [1.29, 1.82) is 0 Å². The summed E-state index contributed by atoms with van der Waals surface area (Å²) in [7, 11) is 0. The van der Waals surface area contributed by atoms with Gasteiger partial charge in [-0.25, -0.2) is 0 Å². The summed E-state index contributed by atoms with van der Waals surface area (Å²) in [5, 5.41) is 4.31. The van der Waals surface area contributed by atoms with Gasteiger partial charge in [0.05, 0.1) is 0 Å². The number of hydrogen-bond acceptors (Lipinski definition) is 2. The first-order valence-electron chi connectivity index (χ1n) is 8.03. The summed E-state index contributed by atoms with van der Waals surface area (Å²) in [6, 6.07) is 9.61. The second-order valence-electron chi connectivity index (χ2n) is 6.69. The first-order chi connectivity index (χ1) is 9.54. The largest absolute Gasteiger partial charge is 0.310 e. The SMILES string of the molecule is CC(C)NCc1cccc(SC2CCC(C)C(C)C2)c1. The molecule has 0 bridgehead atoms. The number of rotatable bonds is 5. The summed E-state index contributed by atoms with van der Waals surface area (Å²) in [6.07, 6.45) is 4.15. The Morgan fingerprint density at radius 1 is 1.20 bits per heavy atom. The molecule has 1 aromatic rings. The molecule has 0 aliphatic heterocycles. The minimum absolute atomic E-state index is 0.548. The Bertz CT molecular complexity index is 416. The van der Waals surface area contributed by atoms with E-state index in [2.05, 4.69) is 69.0 Å². The highest BCUT2D eigenvalue weighted by Crippen LogP contribution is 2.38. The van der Waals surface area contributed by atoms with Gasteiger partial charge in [0.1, 0.15) is 0 Å². The van der Waals surface area contributed by atoms with Gasteiger partial charge in [0.15, 0.2) is 0 Å². The maximum Gasteiger partial charge on any atom is 0.0208 e. The van der Waals surface area contributed by atoms with E-state index in [0.29, 0.717) is 6.04 Å². The molecule has 1 fully saturated rings. The van der Waals surface area contributed by atoms with E-state index in [4.69, 9.17) is 0 Å². The molecule has 3 unspecified atom stereocenters. The van der Waals surface area contributed by atoms with Crippen LogP contribution in [-0.4, -0.2) is 11.3 Å². The molecule has 2 rings (SSSR count). The predicted molar refractivity (Wildman–Crippen MR) is 90.2 cm³/mol. The molecule has 0 heterocycles. The van der Waals surface area contributed by atoms with Crippen molar-refractivity contribution in [2.45, 2.75) is 69.7 Å². The maximum atomic E-state index is 3.50. The zero-order chi connectivity index (χ0) is 14.5. The molecule has 0 saturated heterocycles. The fourth-order valence-corrected chi connectivity index (χ4v) is 4.26. The quantitative estimate of drug-likeness (QED) is 0.810. The van der Waals surface area contributed by atoms with E-state index in [0.717, 1.165) is 23.6 Å². The van der Waals surface area contributed by atoms with Crippen LogP contribution in [0.25, 0.3) is 0 Å². The maximum absolute atomic E-state index is 3.50. The van der Waals surface area contributed by atoms with Crippen molar-refractivity contribution >= 4 is 11.8 Å². The van der Waals surface area contributed by atoms with Gasteiger partial charge in [-0.3, -0.25) is 0 Å². The van der Waals surface area contributed by atoms with Crippen LogP contribution in [0.4, 0.5) is 0 Å². The van der Waals surface area contributed by atoms with Crippen LogP contribution in [0.5, 0.6) is 0 Å². The summed E-state index contributed by atoms with van der Waals surface area (Å²) >= 11 is 2.09. The van der Waals surface area contributed by atoms with E-state index in [1.54, 1.807) is 0 Å². The molecule has 2 heteroatoms. The molecule has 1 nitrogen and oxygen atoms in total. The molecule has 1 aliphatic rings. The van der Waals surface area contributed by atoms with E-state index >= 15 is 0 Å². The minimum Gasteiger partial charge on any atom is -0.310 e. The van der Waals surface area contributed by atoms with Gasteiger partial charge in [-0.2, -0.15) is 0 Å². The van der Waals surface area contributed by atoms with Gasteiger partial charge in [0, 0.05) is 22.7 Å². The fraction of sp³-hybridized carbons (Fsp3) is 0.667. The van der Waals surface area contributed by atoms with Crippen LogP contribution in [0.2, 0.25) is 0 Å². The predicted octanol–water partition coefficient (Wildman–Crippen LogP) is 5.10. The molecule has 0 radical (unpaired) electrons. The molecular weight excluding hydrogens is 262 g/mol. The van der Waals surface area contributed by atoms with Crippen LogP contribution < -0.4 is 5.32 Å². The smallest absolute Gasteiger partial charge is 0.0208 e.